The molecule has 0 saturated heterocycles. The molecule has 0 fully saturated rings. The average molecular weight is 336 g/mol. The summed E-state index contributed by atoms with van der Waals surface area (Å²) in [7, 11) is 0. The van der Waals surface area contributed by atoms with Crippen LogP contribution in [0.5, 0.6) is 5.75 Å². The van der Waals surface area contributed by atoms with Crippen molar-refractivity contribution < 1.29 is 9.53 Å². The van der Waals surface area contributed by atoms with E-state index in [9.17, 15) is 9.59 Å². The van der Waals surface area contributed by atoms with Crippen molar-refractivity contribution in [2.45, 2.75) is 26.4 Å². The molecule has 0 unspecified atom stereocenters. The molecule has 6 nitrogen and oxygen atoms in total. The summed E-state index contributed by atoms with van der Waals surface area (Å²) >= 11 is 6.17. The fraction of sp³-hybridized carbons (Fsp3) is 0.312. The maximum absolute atomic E-state index is 11.8. The number of carbonyl (C=O) groups is 1. The van der Waals surface area contributed by atoms with Gasteiger partial charge in [-0.15, -0.1) is 0 Å². The predicted molar refractivity (Wildman–Crippen MR) is 88.1 cm³/mol. The summed E-state index contributed by atoms with van der Waals surface area (Å²) in [5, 5.41) is 9.17. The molecule has 0 radical (unpaired) electrons. The smallest absolute Gasteiger partial charge is 0.271 e. The minimum atomic E-state index is -0.347. The lowest BCUT2D eigenvalue weighted by Gasteiger charge is -2.12. The lowest BCUT2D eigenvalue weighted by atomic mass is 10.1. The van der Waals surface area contributed by atoms with E-state index < -0.39 is 0 Å². The number of benzene rings is 1. The molecular formula is C16H18ClN3O3. The van der Waals surface area contributed by atoms with Gasteiger partial charge in [0.05, 0.1) is 11.1 Å². The lowest BCUT2D eigenvalue weighted by Crippen LogP contribution is -2.27. The second-order valence-electron chi connectivity index (χ2n) is 5.24. The Labute approximate surface area is 138 Å². The number of aromatic nitrogens is 2. The molecule has 2 rings (SSSR count). The Morgan fingerprint density at radius 2 is 2.13 bits per heavy atom. The van der Waals surface area contributed by atoms with E-state index >= 15 is 0 Å². The molecule has 1 heterocycles. The highest BCUT2D eigenvalue weighted by Gasteiger charge is 2.08. The van der Waals surface area contributed by atoms with E-state index in [1.54, 1.807) is 0 Å². The van der Waals surface area contributed by atoms with Gasteiger partial charge >= 0.3 is 0 Å². The van der Waals surface area contributed by atoms with Crippen molar-refractivity contribution >= 4 is 17.5 Å². The first-order valence-electron chi connectivity index (χ1n) is 7.24. The molecule has 0 saturated carbocycles. The summed E-state index contributed by atoms with van der Waals surface area (Å²) in [6, 6.07) is 8.19. The first kappa shape index (κ1) is 17.0. The average Bonchev–Trinajstić information content (AvgIpc) is 2.50. The van der Waals surface area contributed by atoms with Crippen molar-refractivity contribution in [3.63, 3.8) is 0 Å². The molecule has 122 valence electrons. The second-order valence-corrected chi connectivity index (χ2v) is 5.65. The minimum absolute atomic E-state index is 0.0578. The molecule has 0 aliphatic heterocycles. The summed E-state index contributed by atoms with van der Waals surface area (Å²) < 4.78 is 5.57. The van der Waals surface area contributed by atoms with Crippen molar-refractivity contribution in [3.05, 3.63) is 57.0 Å². The zero-order valence-corrected chi connectivity index (χ0v) is 13.7. The van der Waals surface area contributed by atoms with Crippen LogP contribution in [0.1, 0.15) is 29.9 Å². The van der Waals surface area contributed by atoms with Gasteiger partial charge in [0, 0.05) is 12.6 Å². The first-order valence-corrected chi connectivity index (χ1v) is 7.62. The number of H-pyrrole nitrogens is 1. The van der Waals surface area contributed by atoms with Crippen LogP contribution in [0.3, 0.4) is 0 Å². The van der Waals surface area contributed by atoms with E-state index in [0.717, 1.165) is 5.56 Å². The highest BCUT2D eigenvalue weighted by atomic mass is 35.5. The molecule has 23 heavy (non-hydrogen) atoms. The van der Waals surface area contributed by atoms with Crippen molar-refractivity contribution in [2.75, 3.05) is 6.54 Å². The summed E-state index contributed by atoms with van der Waals surface area (Å²) in [6.07, 6.45) is 0.680. The van der Waals surface area contributed by atoms with Gasteiger partial charge in [0.25, 0.3) is 11.5 Å². The molecular weight excluding hydrogens is 318 g/mol. The van der Waals surface area contributed by atoms with Crippen molar-refractivity contribution in [1.29, 1.82) is 0 Å². The van der Waals surface area contributed by atoms with Crippen LogP contribution in [0.15, 0.2) is 35.1 Å². The van der Waals surface area contributed by atoms with Gasteiger partial charge in [-0.3, -0.25) is 9.59 Å². The molecule has 0 spiro atoms. The Morgan fingerprint density at radius 3 is 2.74 bits per heavy atom. The van der Waals surface area contributed by atoms with Crippen LogP contribution in [0, 0.1) is 0 Å². The van der Waals surface area contributed by atoms with Gasteiger partial charge in [-0.25, -0.2) is 5.10 Å². The molecule has 0 aliphatic carbocycles. The summed E-state index contributed by atoms with van der Waals surface area (Å²) in [5.74, 6) is 0.305. The maximum atomic E-state index is 11.8. The molecule has 1 aromatic carbocycles. The molecule has 1 amide bonds. The zero-order chi connectivity index (χ0) is 16.8. The number of nitrogens with one attached hydrogen (secondary N) is 2. The third-order valence-corrected chi connectivity index (χ3v) is 3.27. The molecule has 7 heteroatoms. The Bertz CT molecular complexity index is 723. The number of rotatable bonds is 6. The van der Waals surface area contributed by atoms with Crippen LogP contribution < -0.4 is 15.6 Å². The van der Waals surface area contributed by atoms with Crippen LogP contribution in [0.4, 0.5) is 0 Å². The highest BCUT2D eigenvalue weighted by molar-refractivity contribution is 6.32. The van der Waals surface area contributed by atoms with E-state index in [4.69, 9.17) is 16.3 Å². The number of hydrogen-bond donors (Lipinski definition) is 2. The van der Waals surface area contributed by atoms with Crippen LogP contribution in [0.25, 0.3) is 0 Å². The Kier molecular flexibility index (Phi) is 5.76. The maximum Gasteiger partial charge on any atom is 0.271 e. The van der Waals surface area contributed by atoms with Gasteiger partial charge < -0.3 is 10.1 Å². The highest BCUT2D eigenvalue weighted by Crippen LogP contribution is 2.26. The second kappa shape index (κ2) is 7.78. The normalized spacial score (nSPS) is 10.6. The van der Waals surface area contributed by atoms with Crippen molar-refractivity contribution in [3.8, 4) is 5.75 Å². The third kappa shape index (κ3) is 5.10. The van der Waals surface area contributed by atoms with E-state index in [0.29, 0.717) is 23.7 Å². The number of halogens is 1. The third-order valence-electron chi connectivity index (χ3n) is 2.97. The Hall–Kier alpha value is -2.34. The first-order chi connectivity index (χ1) is 11.0. The van der Waals surface area contributed by atoms with Crippen LogP contribution in [0.2, 0.25) is 5.02 Å². The Balaban J connectivity index is 1.88. The number of ether oxygens (including phenoxy) is 1. The van der Waals surface area contributed by atoms with E-state index in [2.05, 4.69) is 15.5 Å². The fourth-order valence-electron chi connectivity index (χ4n) is 1.93. The van der Waals surface area contributed by atoms with Crippen LogP contribution >= 0.6 is 11.6 Å². The zero-order valence-electron chi connectivity index (χ0n) is 12.9. The van der Waals surface area contributed by atoms with Gasteiger partial charge in [-0.05, 0) is 44.0 Å². The molecule has 0 atom stereocenters. The topological polar surface area (TPSA) is 84.1 Å². The quantitative estimate of drug-likeness (QED) is 0.847. The van der Waals surface area contributed by atoms with Crippen molar-refractivity contribution in [1.82, 2.24) is 15.5 Å². The molecule has 2 aromatic rings. The largest absolute Gasteiger partial charge is 0.489 e. The SMILES string of the molecule is CC(C)Oc1ccc(CCNC(=O)c2ccc(=O)[nH]n2)cc1Cl. The molecule has 0 bridgehead atoms. The van der Waals surface area contributed by atoms with Crippen molar-refractivity contribution in [2.24, 2.45) is 0 Å². The van der Waals surface area contributed by atoms with Crippen LogP contribution in [-0.2, 0) is 6.42 Å². The standard InChI is InChI=1S/C16H18ClN3O3/c1-10(2)23-14-5-3-11(9-12(14)17)7-8-18-16(22)13-4-6-15(21)20-19-13/h3-6,9-10H,7-8H2,1-2H3,(H,18,22)(H,20,21). The Morgan fingerprint density at radius 1 is 1.35 bits per heavy atom. The molecule has 1 aromatic heterocycles. The molecule has 0 aliphatic rings. The monoisotopic (exact) mass is 335 g/mol. The van der Waals surface area contributed by atoms with E-state index in [-0.39, 0.29) is 23.3 Å². The number of hydrogen-bond acceptors (Lipinski definition) is 4. The summed E-state index contributed by atoms with van der Waals surface area (Å²) in [4.78, 5) is 22.7. The number of amides is 1. The fourth-order valence-corrected chi connectivity index (χ4v) is 2.18. The van der Waals surface area contributed by atoms with Crippen LogP contribution in [-0.4, -0.2) is 28.8 Å². The molecule has 2 N–H and O–H groups in total. The predicted octanol–water partition coefficient (Wildman–Crippen LogP) is 2.18. The van der Waals surface area contributed by atoms with E-state index in [1.165, 1.54) is 12.1 Å². The van der Waals surface area contributed by atoms with E-state index in [1.807, 2.05) is 32.0 Å². The minimum Gasteiger partial charge on any atom is -0.489 e. The summed E-state index contributed by atoms with van der Waals surface area (Å²) in [6.45, 7) is 4.30. The number of nitrogens with zero attached hydrogens (tertiary/aromatic N) is 1. The van der Waals surface area contributed by atoms with Gasteiger partial charge in [-0.2, -0.15) is 5.10 Å². The number of carbonyl (C=O) groups excluding carboxylic acids is 1. The van der Waals surface area contributed by atoms with Gasteiger partial charge in [0.15, 0.2) is 0 Å². The lowest BCUT2D eigenvalue weighted by molar-refractivity contribution is 0.0948. The van der Waals surface area contributed by atoms with Gasteiger partial charge in [-0.1, -0.05) is 17.7 Å². The summed E-state index contributed by atoms with van der Waals surface area (Å²) in [5.41, 5.74) is 0.809. The number of aromatic amines is 1. The van der Waals surface area contributed by atoms with Gasteiger partial charge in [0.1, 0.15) is 11.4 Å². The van der Waals surface area contributed by atoms with Gasteiger partial charge in [0.2, 0.25) is 0 Å².